The molecule has 2 N–H and O–H groups in total. The van der Waals surface area contributed by atoms with Gasteiger partial charge in [-0.05, 0) is 17.7 Å². The van der Waals surface area contributed by atoms with Crippen molar-refractivity contribution < 1.29 is 4.79 Å². The van der Waals surface area contributed by atoms with E-state index in [2.05, 4.69) is 15.3 Å². The summed E-state index contributed by atoms with van der Waals surface area (Å²) in [5.41, 5.74) is 2.72. The first kappa shape index (κ1) is 16.3. The summed E-state index contributed by atoms with van der Waals surface area (Å²) in [4.78, 5) is 43.0. The van der Waals surface area contributed by atoms with Gasteiger partial charge in [-0.1, -0.05) is 6.07 Å². The highest BCUT2D eigenvalue weighted by atomic mass is 32.1. The Hall–Kier alpha value is -3.20. The normalized spacial score (nSPS) is 13.4. The largest absolute Gasteiger partial charge is 0.328 e. The number of H-pyrrole nitrogens is 1. The highest BCUT2D eigenvalue weighted by Crippen LogP contribution is 2.29. The van der Waals surface area contributed by atoms with E-state index in [1.807, 2.05) is 23.6 Å². The molecule has 8 nitrogen and oxygen atoms in total. The van der Waals surface area contributed by atoms with Crippen LogP contribution in [0.2, 0.25) is 0 Å². The van der Waals surface area contributed by atoms with Crippen LogP contribution in [-0.4, -0.2) is 32.5 Å². The van der Waals surface area contributed by atoms with Gasteiger partial charge < -0.3 is 10.2 Å². The van der Waals surface area contributed by atoms with Crippen molar-refractivity contribution in [2.45, 2.75) is 13.1 Å². The molecule has 4 rings (SSSR count). The number of hydrogen-bond acceptors (Lipinski definition) is 5. The van der Waals surface area contributed by atoms with Crippen molar-refractivity contribution in [2.24, 2.45) is 0 Å². The van der Waals surface area contributed by atoms with Crippen molar-refractivity contribution in [1.29, 1.82) is 0 Å². The molecule has 1 aliphatic rings. The molecule has 3 heterocycles. The number of amides is 2. The van der Waals surface area contributed by atoms with Gasteiger partial charge in [0.15, 0.2) is 0 Å². The molecule has 26 heavy (non-hydrogen) atoms. The lowest BCUT2D eigenvalue weighted by Gasteiger charge is -2.26. The second-order valence-electron chi connectivity index (χ2n) is 6.02. The minimum Gasteiger partial charge on any atom is -0.323 e. The first-order valence-electron chi connectivity index (χ1n) is 7.89. The second kappa shape index (κ2) is 6.26. The van der Waals surface area contributed by atoms with Crippen LogP contribution in [0.4, 0.5) is 10.5 Å². The molecule has 0 saturated carbocycles. The number of aromatic nitrogens is 3. The summed E-state index contributed by atoms with van der Waals surface area (Å²) in [6.07, 6.45) is 1.46. The van der Waals surface area contributed by atoms with Crippen LogP contribution in [0.5, 0.6) is 0 Å². The molecule has 0 fully saturated rings. The molecular formula is C17H15N5O3S. The highest BCUT2D eigenvalue weighted by Gasteiger charge is 2.19. The fraction of sp³-hybridized carbons (Fsp3) is 0.176. The molecule has 0 bridgehead atoms. The van der Waals surface area contributed by atoms with Gasteiger partial charge in [-0.15, -0.1) is 11.3 Å². The van der Waals surface area contributed by atoms with E-state index in [9.17, 15) is 14.4 Å². The molecule has 132 valence electrons. The lowest BCUT2D eigenvalue weighted by atomic mass is 10.0. The summed E-state index contributed by atoms with van der Waals surface area (Å²) >= 11 is 1.45. The Bertz CT molecular complexity index is 1110. The zero-order chi connectivity index (χ0) is 18.3. The first-order chi connectivity index (χ1) is 12.5. The van der Waals surface area contributed by atoms with Crippen molar-refractivity contribution in [3.8, 4) is 11.3 Å². The third-order valence-electron chi connectivity index (χ3n) is 4.15. The maximum atomic E-state index is 11.8. The third kappa shape index (κ3) is 3.04. The Balaban J connectivity index is 1.60. The maximum absolute atomic E-state index is 11.8. The van der Waals surface area contributed by atoms with Gasteiger partial charge in [-0.25, -0.2) is 14.6 Å². The van der Waals surface area contributed by atoms with Crippen LogP contribution in [0, 0.1) is 0 Å². The monoisotopic (exact) mass is 369 g/mol. The molecular weight excluding hydrogens is 354 g/mol. The molecule has 2 amide bonds. The smallest absolute Gasteiger partial charge is 0.323 e. The molecule has 2 aromatic heterocycles. The number of fused-ring (bicyclic) bond motifs is 1. The van der Waals surface area contributed by atoms with Gasteiger partial charge in [0, 0.05) is 42.5 Å². The Kier molecular flexibility index (Phi) is 3.92. The third-order valence-corrected chi connectivity index (χ3v) is 4.98. The molecule has 0 aliphatic carbocycles. The zero-order valence-electron chi connectivity index (χ0n) is 13.9. The molecule has 0 radical (unpaired) electrons. The summed E-state index contributed by atoms with van der Waals surface area (Å²) in [6.45, 7) is 0.836. The van der Waals surface area contributed by atoms with E-state index in [0.29, 0.717) is 13.1 Å². The van der Waals surface area contributed by atoms with Crippen LogP contribution in [0.15, 0.2) is 45.4 Å². The number of anilines is 1. The SMILES string of the molecule is CN1Cc2cc(-c3csc(Cn4ccc(=O)[nH]c4=O)n3)ccc2NC1=O. The quantitative estimate of drug-likeness (QED) is 0.734. The summed E-state index contributed by atoms with van der Waals surface area (Å²) in [5, 5.41) is 5.53. The Morgan fingerprint density at radius 1 is 1.23 bits per heavy atom. The number of carbonyl (C=O) groups is 1. The maximum Gasteiger partial charge on any atom is 0.328 e. The van der Waals surface area contributed by atoms with Crippen molar-refractivity contribution in [1.82, 2.24) is 19.4 Å². The zero-order valence-corrected chi connectivity index (χ0v) is 14.7. The molecule has 0 atom stereocenters. The molecule has 9 heteroatoms. The minimum atomic E-state index is -0.457. The number of urea groups is 1. The van der Waals surface area contributed by atoms with Gasteiger partial charge in [-0.3, -0.25) is 14.3 Å². The fourth-order valence-corrected chi connectivity index (χ4v) is 3.58. The predicted molar refractivity (Wildman–Crippen MR) is 98.5 cm³/mol. The van der Waals surface area contributed by atoms with Crippen LogP contribution < -0.4 is 16.6 Å². The molecule has 0 unspecified atom stereocenters. The number of benzene rings is 1. The molecule has 0 spiro atoms. The Morgan fingerprint density at radius 3 is 2.88 bits per heavy atom. The average molecular weight is 369 g/mol. The van der Waals surface area contributed by atoms with Crippen molar-refractivity contribution in [3.05, 3.63) is 67.3 Å². The highest BCUT2D eigenvalue weighted by molar-refractivity contribution is 7.09. The van der Waals surface area contributed by atoms with E-state index in [1.165, 1.54) is 28.2 Å². The van der Waals surface area contributed by atoms with Crippen LogP contribution in [0.25, 0.3) is 11.3 Å². The Morgan fingerprint density at radius 2 is 2.08 bits per heavy atom. The van der Waals surface area contributed by atoms with E-state index >= 15 is 0 Å². The number of carbonyl (C=O) groups excluding carboxylic acids is 1. The van der Waals surface area contributed by atoms with Crippen molar-refractivity contribution >= 4 is 23.1 Å². The Labute approximate surface area is 151 Å². The number of nitrogens with zero attached hydrogens (tertiary/aromatic N) is 3. The number of aromatic amines is 1. The van der Waals surface area contributed by atoms with Gasteiger partial charge in [0.25, 0.3) is 5.56 Å². The van der Waals surface area contributed by atoms with Crippen molar-refractivity contribution in [3.63, 3.8) is 0 Å². The van der Waals surface area contributed by atoms with E-state index in [-0.39, 0.29) is 6.03 Å². The minimum absolute atomic E-state index is 0.118. The van der Waals surface area contributed by atoms with Crippen LogP contribution in [0.1, 0.15) is 10.6 Å². The molecule has 0 saturated heterocycles. The molecule has 1 aromatic carbocycles. The number of rotatable bonds is 3. The summed E-state index contributed by atoms with van der Waals surface area (Å²) < 4.78 is 1.40. The molecule has 1 aliphatic heterocycles. The van der Waals surface area contributed by atoms with Crippen LogP contribution in [-0.2, 0) is 13.1 Å². The lowest BCUT2D eigenvalue weighted by molar-refractivity contribution is 0.218. The average Bonchev–Trinajstić information content (AvgIpc) is 3.07. The standard InChI is InChI=1S/C17H15N5O3S/c1-21-7-11-6-10(2-3-12(11)19-16(21)24)13-9-26-15(18-13)8-22-5-4-14(23)20-17(22)25/h2-6,9H,7-8H2,1H3,(H,19,24)(H,20,23,25). The summed E-state index contributed by atoms with van der Waals surface area (Å²) in [5.74, 6) is 0. The van der Waals surface area contributed by atoms with Crippen molar-refractivity contribution in [2.75, 3.05) is 12.4 Å². The number of hydrogen-bond donors (Lipinski definition) is 2. The van der Waals surface area contributed by atoms with E-state index in [4.69, 9.17) is 0 Å². The topological polar surface area (TPSA) is 100 Å². The van der Waals surface area contributed by atoms with Gasteiger partial charge in [0.05, 0.1) is 12.2 Å². The number of thiazole rings is 1. The van der Waals surface area contributed by atoms with Gasteiger partial charge in [0.2, 0.25) is 0 Å². The van der Waals surface area contributed by atoms with E-state index in [0.717, 1.165) is 27.5 Å². The van der Waals surface area contributed by atoms with Crippen LogP contribution in [0.3, 0.4) is 0 Å². The predicted octanol–water partition coefficient (Wildman–Crippen LogP) is 1.69. The fourth-order valence-electron chi connectivity index (χ4n) is 2.77. The van der Waals surface area contributed by atoms with Gasteiger partial charge >= 0.3 is 11.7 Å². The first-order valence-corrected chi connectivity index (χ1v) is 8.77. The van der Waals surface area contributed by atoms with E-state index < -0.39 is 11.2 Å². The van der Waals surface area contributed by atoms with Gasteiger partial charge in [0.1, 0.15) is 5.01 Å². The summed E-state index contributed by atoms with van der Waals surface area (Å²) in [6, 6.07) is 6.99. The second-order valence-corrected chi connectivity index (χ2v) is 6.97. The summed E-state index contributed by atoms with van der Waals surface area (Å²) in [7, 11) is 1.74. The lowest BCUT2D eigenvalue weighted by Crippen LogP contribution is -2.35. The van der Waals surface area contributed by atoms with Crippen LogP contribution >= 0.6 is 11.3 Å². The number of nitrogens with one attached hydrogen (secondary N) is 2. The van der Waals surface area contributed by atoms with E-state index in [1.54, 1.807) is 11.9 Å². The van der Waals surface area contributed by atoms with Gasteiger partial charge in [-0.2, -0.15) is 0 Å². The molecule has 3 aromatic rings.